The molecule has 89 heavy (non-hydrogen) atoms. The van der Waals surface area contributed by atoms with Crippen LogP contribution in [0.3, 0.4) is 0 Å². The monoisotopic (exact) mass is 1250 g/mol. The van der Waals surface area contributed by atoms with Gasteiger partial charge in [0.05, 0.1) is 38.0 Å². The van der Waals surface area contributed by atoms with Crippen molar-refractivity contribution in [3.63, 3.8) is 0 Å². The minimum atomic E-state index is -2.62. The van der Waals surface area contributed by atoms with Crippen molar-refractivity contribution in [2.45, 2.75) is 236 Å². The normalized spacial score (nSPS) is 30.1. The first-order chi connectivity index (χ1) is 42.4. The standard InChI is InChI=1S/C65H99N7O17/c1-40(2)34-50-60(79)69-48(36-44-18-12-11-13-19-44)62(81)70(6)39-56(75)67-32-31-66-55(74)38-52(41(3)35-45-24-27-51(53(37-45)85-8)87-58(77)30-29-57(76)86-46-20-14-9-10-15-21-46)88-64(83)49-22-16-17-33-72(49)63(82)59(78)65(84)42(4)23-25-47(89-65)26-28-54(73)68-43(5)61(80)71(50)7/h11-13,18-19,40-43,45-53,84H,9-10,14-17,20-39H2,1-8H3,(H,66,74)(H,67,75)(H,68,73)(H,69,79)/t41-,42-,43+,45+,47+,48+,49+,50+,51-,52+,53-,65-/m1/s1. The Morgan fingerprint density at radius 3 is 2.07 bits per heavy atom. The molecule has 3 heterocycles. The third-order valence-corrected chi connectivity index (χ3v) is 18.2. The molecule has 0 radical (unpaired) electrons. The quantitative estimate of drug-likeness (QED) is 0.0802. The number of nitrogens with one attached hydrogen (secondary N) is 4. The third kappa shape index (κ3) is 21.3. The third-order valence-electron chi connectivity index (χ3n) is 18.2. The van der Waals surface area contributed by atoms with E-state index in [-0.39, 0.29) is 95.4 Å². The van der Waals surface area contributed by atoms with Crippen LogP contribution in [-0.4, -0.2) is 193 Å². The molecular weight excluding hydrogens is 1150 g/mol. The fraction of sp³-hybridized carbons (Fsp3) is 0.738. The summed E-state index contributed by atoms with van der Waals surface area (Å²) < 4.78 is 29.7. The van der Waals surface area contributed by atoms with Crippen LogP contribution < -0.4 is 21.3 Å². The summed E-state index contributed by atoms with van der Waals surface area (Å²) in [6, 6.07) is 4.33. The van der Waals surface area contributed by atoms with Crippen molar-refractivity contribution in [1.29, 1.82) is 0 Å². The van der Waals surface area contributed by atoms with Crippen LogP contribution in [0.4, 0.5) is 0 Å². The van der Waals surface area contributed by atoms with E-state index in [1.54, 1.807) is 31.2 Å². The Bertz CT molecular complexity index is 2600. The lowest BCUT2D eigenvalue weighted by atomic mass is 9.78. The van der Waals surface area contributed by atoms with E-state index in [2.05, 4.69) is 21.3 Å². The lowest BCUT2D eigenvalue weighted by Gasteiger charge is -2.42. The van der Waals surface area contributed by atoms with Crippen molar-refractivity contribution in [3.8, 4) is 0 Å². The van der Waals surface area contributed by atoms with E-state index in [0.29, 0.717) is 50.5 Å². The number of aliphatic hydroxyl groups is 1. The number of cyclic esters (lactones) is 1. The summed E-state index contributed by atoms with van der Waals surface area (Å²) in [5.41, 5.74) is 0.716. The number of ketones is 1. The van der Waals surface area contributed by atoms with Crippen molar-refractivity contribution in [2.24, 2.45) is 23.7 Å². The molecule has 5 aliphatic rings. The lowest BCUT2D eigenvalue weighted by molar-refractivity contribution is -0.263. The molecule has 0 aromatic heterocycles. The molecule has 5 N–H and O–H groups in total. The first-order valence-corrected chi connectivity index (χ1v) is 32.4. The molecule has 24 nitrogen and oxygen atoms in total. The molecule has 6 rings (SSSR count). The first-order valence-electron chi connectivity index (χ1n) is 32.4. The van der Waals surface area contributed by atoms with E-state index >= 15 is 0 Å². The Morgan fingerprint density at radius 2 is 1.39 bits per heavy atom. The number of piperidine rings is 1. The number of esters is 3. The highest BCUT2D eigenvalue weighted by molar-refractivity contribution is 6.39. The maximum atomic E-state index is 14.5. The van der Waals surface area contributed by atoms with Crippen molar-refractivity contribution >= 4 is 65.0 Å². The van der Waals surface area contributed by atoms with Crippen LogP contribution in [0.1, 0.15) is 175 Å². The molecule has 2 aliphatic carbocycles. The molecule has 2 saturated carbocycles. The number of Topliss-reactive ketones (excluding diaryl/α,β-unsaturated/α-hetero) is 1. The van der Waals surface area contributed by atoms with Gasteiger partial charge in [-0.25, -0.2) is 4.79 Å². The molecule has 1 aromatic rings. The van der Waals surface area contributed by atoms with Gasteiger partial charge in [0.25, 0.3) is 11.7 Å². The SMILES string of the molecule is CO[C@@H]1C[C@H](C[C@@H](C)[C@@H]2CC(=O)NCCNC(=O)CN(C)C(=O)[C@H](Cc3ccccc3)NC(=O)[C@H](CC(C)C)N(C)C(=O)[C@H](C)NC(=O)CC[C@@H]3CC[C@@H](C)[C@@](O)(O3)C(=O)C(=O)N3CCCC[C@H]3C(=O)O2)CC[C@H]1OC(=O)CCC(=O)OC1CCCCCC1. The second-order valence-electron chi connectivity index (χ2n) is 25.8. The molecule has 3 saturated heterocycles. The maximum Gasteiger partial charge on any atom is 0.329 e. The van der Waals surface area contributed by atoms with Crippen LogP contribution in [0.25, 0.3) is 0 Å². The van der Waals surface area contributed by atoms with E-state index < -0.39 is 138 Å². The molecule has 7 amide bonds. The average molecular weight is 1250 g/mol. The Hall–Kier alpha value is -6.53. The highest BCUT2D eigenvalue weighted by Gasteiger charge is 2.53. The lowest BCUT2D eigenvalue weighted by Crippen LogP contribution is -2.60. The highest BCUT2D eigenvalue weighted by atomic mass is 16.6. The van der Waals surface area contributed by atoms with Gasteiger partial charge in [0.2, 0.25) is 41.2 Å². The highest BCUT2D eigenvalue weighted by Crippen LogP contribution is 2.37. The smallest absolute Gasteiger partial charge is 0.329 e. The topological polar surface area (TPSA) is 312 Å². The summed E-state index contributed by atoms with van der Waals surface area (Å²) in [6.45, 7) is 8.07. The molecular formula is C65H99N7O17. The van der Waals surface area contributed by atoms with Crippen LogP contribution in [0.2, 0.25) is 0 Å². The zero-order chi connectivity index (χ0) is 65.0. The molecule has 5 fully saturated rings. The minimum Gasteiger partial charge on any atom is -0.462 e. The zero-order valence-electron chi connectivity index (χ0n) is 53.6. The van der Waals surface area contributed by atoms with Gasteiger partial charge < -0.3 is 64.8 Å². The van der Waals surface area contributed by atoms with Crippen LogP contribution in [-0.2, 0) is 82.8 Å². The molecule has 2 bridgehead atoms. The van der Waals surface area contributed by atoms with Gasteiger partial charge >= 0.3 is 17.9 Å². The number of amides is 7. The number of benzene rings is 1. The number of ether oxygens (including phenoxy) is 5. The molecule has 1 aromatic carbocycles. The Balaban J connectivity index is 1.19. The number of methoxy groups -OCH3 is 1. The number of rotatable bonds is 13. The average Bonchev–Trinajstić information content (AvgIpc) is 0.981. The predicted octanol–water partition coefficient (Wildman–Crippen LogP) is 4.13. The van der Waals surface area contributed by atoms with E-state index in [0.717, 1.165) is 43.4 Å². The van der Waals surface area contributed by atoms with Gasteiger partial charge in [-0.05, 0) is 127 Å². The number of carbonyl (C=O) groups is 11. The number of hydrogen-bond acceptors (Lipinski definition) is 17. The van der Waals surface area contributed by atoms with Crippen molar-refractivity contribution < 1.29 is 81.5 Å². The van der Waals surface area contributed by atoms with Gasteiger partial charge in [-0.1, -0.05) is 70.9 Å². The summed E-state index contributed by atoms with van der Waals surface area (Å²) >= 11 is 0. The fourth-order valence-corrected chi connectivity index (χ4v) is 12.9. The summed E-state index contributed by atoms with van der Waals surface area (Å²) in [4.78, 5) is 156. The van der Waals surface area contributed by atoms with Crippen molar-refractivity contribution in [1.82, 2.24) is 36.0 Å². The Labute approximate surface area is 524 Å². The van der Waals surface area contributed by atoms with Gasteiger partial charge in [-0.2, -0.15) is 0 Å². The van der Waals surface area contributed by atoms with Crippen LogP contribution in [0.15, 0.2) is 30.3 Å². The van der Waals surface area contributed by atoms with E-state index in [4.69, 9.17) is 23.7 Å². The second-order valence-corrected chi connectivity index (χ2v) is 25.8. The van der Waals surface area contributed by atoms with Gasteiger partial charge in [0.1, 0.15) is 42.5 Å². The van der Waals surface area contributed by atoms with Gasteiger partial charge in [-0.15, -0.1) is 0 Å². The number of fused-ring (bicyclic) bond motifs is 3. The van der Waals surface area contributed by atoms with Crippen molar-refractivity contribution in [3.05, 3.63) is 35.9 Å². The zero-order valence-corrected chi connectivity index (χ0v) is 53.6. The molecule has 24 heteroatoms. The number of hydrogen-bond donors (Lipinski definition) is 5. The largest absolute Gasteiger partial charge is 0.462 e. The van der Waals surface area contributed by atoms with Gasteiger partial charge in [0, 0.05) is 59.6 Å². The second kappa shape index (κ2) is 34.6. The molecule has 0 spiro atoms. The van der Waals surface area contributed by atoms with Crippen molar-refractivity contribution in [2.75, 3.05) is 47.4 Å². The van der Waals surface area contributed by atoms with E-state index in [1.807, 2.05) is 26.8 Å². The fourth-order valence-electron chi connectivity index (χ4n) is 12.9. The number of nitrogens with zero attached hydrogens (tertiary/aromatic N) is 3. The summed E-state index contributed by atoms with van der Waals surface area (Å²) in [7, 11) is 4.39. The maximum absolute atomic E-state index is 14.5. The number of carbonyl (C=O) groups excluding carboxylic acids is 11. The summed E-state index contributed by atoms with van der Waals surface area (Å²) in [6.07, 6.45) is 5.73. The molecule has 12 atom stereocenters. The van der Waals surface area contributed by atoms with E-state index in [1.165, 1.54) is 37.9 Å². The molecule has 0 unspecified atom stereocenters. The minimum absolute atomic E-state index is 0.00309. The van der Waals surface area contributed by atoms with Crippen LogP contribution >= 0.6 is 0 Å². The first kappa shape index (κ1) is 71.5. The predicted molar refractivity (Wildman–Crippen MR) is 324 cm³/mol. The summed E-state index contributed by atoms with van der Waals surface area (Å²) in [5.74, 6) is -11.8. The summed E-state index contributed by atoms with van der Waals surface area (Å²) in [5, 5.41) is 23.1. The van der Waals surface area contributed by atoms with Gasteiger partial charge in [0.15, 0.2) is 0 Å². The van der Waals surface area contributed by atoms with Crippen LogP contribution in [0.5, 0.6) is 0 Å². The Kier molecular flexibility index (Phi) is 27.8. The molecule has 496 valence electrons. The van der Waals surface area contributed by atoms with E-state index in [9.17, 15) is 57.8 Å². The van der Waals surface area contributed by atoms with Gasteiger partial charge in [-0.3, -0.25) is 47.9 Å². The number of likely N-dealkylation sites (N-methyl/N-ethyl adjacent to an activating group) is 2. The van der Waals surface area contributed by atoms with Crippen LogP contribution in [0, 0.1) is 23.7 Å². The molecule has 3 aliphatic heterocycles. The Morgan fingerprint density at radius 1 is 0.730 bits per heavy atom.